The lowest BCUT2D eigenvalue weighted by atomic mass is 10.00. The Bertz CT molecular complexity index is 1160. The van der Waals surface area contributed by atoms with Gasteiger partial charge in [0.25, 0.3) is 0 Å². The fraction of sp³-hybridized carbons (Fsp3) is 0.607. The summed E-state index contributed by atoms with van der Waals surface area (Å²) in [6, 6.07) is 10.3. The maximum absolute atomic E-state index is 12.7. The van der Waals surface area contributed by atoms with Crippen LogP contribution in [0.15, 0.2) is 24.3 Å². The summed E-state index contributed by atoms with van der Waals surface area (Å²) < 4.78 is 6.28. The zero-order chi connectivity index (χ0) is 24.2. The minimum Gasteiger partial charge on any atom is -0.462 e. The fourth-order valence-electron chi connectivity index (χ4n) is 7.09. The van der Waals surface area contributed by atoms with E-state index in [2.05, 4.69) is 33.1 Å². The fourth-order valence-corrected chi connectivity index (χ4v) is 7.09. The number of rotatable bonds is 5. The Morgan fingerprint density at radius 1 is 1.08 bits per heavy atom. The molecule has 2 bridgehead atoms. The quantitative estimate of drug-likeness (QED) is 0.689. The van der Waals surface area contributed by atoms with E-state index < -0.39 is 0 Å². The van der Waals surface area contributed by atoms with Crippen LogP contribution in [0.3, 0.4) is 0 Å². The van der Waals surface area contributed by atoms with E-state index in [0.29, 0.717) is 37.2 Å². The van der Waals surface area contributed by atoms with Crippen molar-refractivity contribution in [2.24, 2.45) is 0 Å². The molecule has 5 heterocycles. The van der Waals surface area contributed by atoms with Crippen LogP contribution in [-0.4, -0.2) is 83.5 Å². The number of ketones is 1. The number of likely N-dealkylation sites (tertiary alicyclic amines) is 1. The number of ether oxygens (including phenoxy) is 1. The summed E-state index contributed by atoms with van der Waals surface area (Å²) in [7, 11) is 2.18. The molecule has 1 aromatic heterocycles. The molecule has 8 nitrogen and oxygen atoms in total. The molecular weight excluding hydrogens is 452 g/mol. The van der Waals surface area contributed by atoms with Crippen molar-refractivity contribution in [1.29, 1.82) is 0 Å². The molecule has 1 N–H and O–H groups in total. The van der Waals surface area contributed by atoms with Gasteiger partial charge >= 0.3 is 6.01 Å². The Balaban J connectivity index is 1.19. The molecule has 1 aliphatic carbocycles. The molecule has 1 unspecified atom stereocenters. The normalized spacial score (nSPS) is 30.0. The van der Waals surface area contributed by atoms with Gasteiger partial charge in [-0.25, -0.2) is 0 Å². The van der Waals surface area contributed by atoms with Crippen LogP contribution in [0.2, 0.25) is 0 Å². The number of likely N-dealkylation sites (N-methyl/N-ethyl adjacent to an activating group) is 1. The maximum atomic E-state index is 12.7. The van der Waals surface area contributed by atoms with Crippen molar-refractivity contribution in [2.75, 3.05) is 44.7 Å². The number of nitrogens with one attached hydrogen (secondary N) is 1. The highest BCUT2D eigenvalue weighted by Gasteiger charge is 2.38. The van der Waals surface area contributed by atoms with Crippen LogP contribution in [-0.2, 0) is 13.0 Å². The van der Waals surface area contributed by atoms with Crippen molar-refractivity contribution >= 4 is 11.6 Å². The van der Waals surface area contributed by atoms with E-state index in [1.165, 1.54) is 36.8 Å². The average Bonchev–Trinajstić information content (AvgIpc) is 3.58. The van der Waals surface area contributed by atoms with E-state index in [1.54, 1.807) is 0 Å². The van der Waals surface area contributed by atoms with Gasteiger partial charge in [0, 0.05) is 67.9 Å². The molecule has 5 aliphatic rings. The minimum atomic E-state index is 0.131. The number of nitrogens with zero attached hydrogens (tertiary/aromatic N) is 5. The van der Waals surface area contributed by atoms with Crippen LogP contribution in [0, 0.1) is 0 Å². The van der Waals surface area contributed by atoms with Gasteiger partial charge in [-0.05, 0) is 51.3 Å². The van der Waals surface area contributed by atoms with Gasteiger partial charge in [-0.2, -0.15) is 9.97 Å². The van der Waals surface area contributed by atoms with Crippen LogP contribution < -0.4 is 15.0 Å². The molecule has 0 spiro atoms. The lowest BCUT2D eigenvalue weighted by Crippen LogP contribution is -2.52. The zero-order valence-electron chi connectivity index (χ0n) is 21.2. The lowest BCUT2D eigenvalue weighted by Gasteiger charge is -2.38. The number of benzene rings is 1. The highest BCUT2D eigenvalue weighted by Crippen LogP contribution is 2.39. The smallest absolute Gasteiger partial charge is 0.318 e. The molecule has 0 saturated carbocycles. The SMILES string of the molecule is CN1CCC[C@H]1COc1nc2c(c(N3C[C@H]4CC[C@@H](C3)N4)n1)CCN(C1CC(=O)c3ccccc31)C2. The highest BCUT2D eigenvalue weighted by atomic mass is 16.5. The van der Waals surface area contributed by atoms with Crippen LogP contribution in [0.5, 0.6) is 6.01 Å². The number of carbonyl (C=O) groups excluding carboxylic acids is 1. The minimum absolute atomic E-state index is 0.131. The topological polar surface area (TPSA) is 73.8 Å². The largest absolute Gasteiger partial charge is 0.462 e. The first-order chi connectivity index (χ1) is 17.6. The zero-order valence-corrected chi connectivity index (χ0v) is 21.2. The monoisotopic (exact) mass is 488 g/mol. The van der Waals surface area contributed by atoms with Gasteiger partial charge in [-0.15, -0.1) is 0 Å². The van der Waals surface area contributed by atoms with Gasteiger partial charge in [0.1, 0.15) is 12.4 Å². The number of fused-ring (bicyclic) bond motifs is 4. The Kier molecular flexibility index (Phi) is 5.71. The molecule has 4 atom stereocenters. The van der Waals surface area contributed by atoms with Crippen LogP contribution in [0.1, 0.15) is 65.3 Å². The second-order valence-electron chi connectivity index (χ2n) is 11.3. The molecule has 36 heavy (non-hydrogen) atoms. The van der Waals surface area contributed by atoms with Crippen molar-refractivity contribution in [3.63, 3.8) is 0 Å². The summed E-state index contributed by atoms with van der Waals surface area (Å²) in [6.45, 7) is 5.41. The van der Waals surface area contributed by atoms with E-state index >= 15 is 0 Å². The predicted octanol–water partition coefficient (Wildman–Crippen LogP) is 2.58. The Hall–Kier alpha value is -2.55. The molecule has 8 heteroatoms. The van der Waals surface area contributed by atoms with Crippen molar-refractivity contribution in [1.82, 2.24) is 25.1 Å². The summed E-state index contributed by atoms with van der Waals surface area (Å²) in [4.78, 5) is 30.0. The molecule has 3 saturated heterocycles. The second kappa shape index (κ2) is 9.08. The van der Waals surface area contributed by atoms with Crippen LogP contribution in [0.25, 0.3) is 0 Å². The van der Waals surface area contributed by atoms with Crippen molar-refractivity contribution in [3.8, 4) is 6.01 Å². The molecule has 2 aromatic rings. The van der Waals surface area contributed by atoms with Crippen LogP contribution >= 0.6 is 0 Å². The summed E-state index contributed by atoms with van der Waals surface area (Å²) in [5.74, 6) is 1.33. The summed E-state index contributed by atoms with van der Waals surface area (Å²) in [5.41, 5.74) is 4.40. The summed E-state index contributed by atoms with van der Waals surface area (Å²) in [6.07, 6.45) is 6.34. The Morgan fingerprint density at radius 3 is 2.72 bits per heavy atom. The van der Waals surface area contributed by atoms with E-state index in [9.17, 15) is 4.79 Å². The number of carbonyl (C=O) groups is 1. The summed E-state index contributed by atoms with van der Waals surface area (Å²) >= 11 is 0. The molecule has 3 fully saturated rings. The Morgan fingerprint density at radius 2 is 1.92 bits per heavy atom. The molecule has 7 rings (SSSR count). The molecular formula is C28H36N6O2. The number of piperazine rings is 1. The molecule has 1 aromatic carbocycles. The van der Waals surface area contributed by atoms with Crippen molar-refractivity contribution in [2.45, 2.75) is 69.2 Å². The lowest BCUT2D eigenvalue weighted by molar-refractivity contribution is 0.0942. The molecule has 190 valence electrons. The third-order valence-corrected chi connectivity index (χ3v) is 9.08. The van der Waals surface area contributed by atoms with E-state index in [1.807, 2.05) is 18.2 Å². The first-order valence-electron chi connectivity index (χ1n) is 13.7. The number of hydrogen-bond acceptors (Lipinski definition) is 8. The molecule has 0 radical (unpaired) electrons. The standard InChI is InChI=1S/C28H36N6O2/c1-32-11-4-5-20(32)17-36-28-30-24-16-33(25-13-26(35)22-7-3-2-6-21(22)25)12-10-23(24)27(31-28)34-14-18-8-9-19(15-34)29-18/h2-3,6-7,18-20,25,29H,4-5,8-17H2,1H3/t18-,19+,20-,25?/m0/s1. The second-order valence-corrected chi connectivity index (χ2v) is 11.3. The maximum Gasteiger partial charge on any atom is 0.318 e. The molecule has 4 aliphatic heterocycles. The van der Waals surface area contributed by atoms with Crippen molar-refractivity contribution < 1.29 is 9.53 Å². The third-order valence-electron chi connectivity index (χ3n) is 9.08. The first kappa shape index (κ1) is 22.6. The van der Waals surface area contributed by atoms with Gasteiger partial charge in [-0.1, -0.05) is 24.3 Å². The average molecular weight is 489 g/mol. The van der Waals surface area contributed by atoms with Gasteiger partial charge in [0.2, 0.25) is 0 Å². The number of aromatic nitrogens is 2. The van der Waals surface area contributed by atoms with Crippen molar-refractivity contribution in [3.05, 3.63) is 46.6 Å². The van der Waals surface area contributed by atoms with E-state index in [0.717, 1.165) is 56.2 Å². The summed E-state index contributed by atoms with van der Waals surface area (Å²) in [5, 5.41) is 3.75. The van der Waals surface area contributed by atoms with Gasteiger partial charge in [0.15, 0.2) is 5.78 Å². The number of Topliss-reactive ketones (excluding diaryl/α,β-unsaturated/α-hetero) is 1. The Labute approximate surface area is 213 Å². The number of hydrogen-bond donors (Lipinski definition) is 1. The van der Waals surface area contributed by atoms with E-state index in [4.69, 9.17) is 14.7 Å². The third kappa shape index (κ3) is 3.99. The van der Waals surface area contributed by atoms with E-state index in [-0.39, 0.29) is 11.8 Å². The van der Waals surface area contributed by atoms with Gasteiger partial charge in [0.05, 0.1) is 5.69 Å². The number of anilines is 1. The predicted molar refractivity (Wildman–Crippen MR) is 138 cm³/mol. The molecule has 0 amide bonds. The van der Waals surface area contributed by atoms with Crippen LogP contribution in [0.4, 0.5) is 5.82 Å². The van der Waals surface area contributed by atoms with Gasteiger partial charge in [-0.3, -0.25) is 9.69 Å². The highest BCUT2D eigenvalue weighted by molar-refractivity contribution is 6.01. The first-order valence-corrected chi connectivity index (χ1v) is 13.7. The van der Waals surface area contributed by atoms with Gasteiger partial charge < -0.3 is 19.9 Å².